The fourth-order valence-electron chi connectivity index (χ4n) is 5.21. The van der Waals surface area contributed by atoms with E-state index in [2.05, 4.69) is 17.6 Å². The van der Waals surface area contributed by atoms with E-state index < -0.39 is 23.8 Å². The molecule has 3 unspecified atom stereocenters. The van der Waals surface area contributed by atoms with Gasteiger partial charge in [-0.2, -0.15) is 0 Å². The number of carbonyl (C=O) groups is 3. The van der Waals surface area contributed by atoms with E-state index in [-0.39, 0.29) is 23.8 Å². The van der Waals surface area contributed by atoms with E-state index in [4.69, 9.17) is 4.74 Å². The Balaban J connectivity index is 2.54. The minimum absolute atomic E-state index is 0.122. The van der Waals surface area contributed by atoms with Gasteiger partial charge in [0.05, 0.1) is 0 Å². The van der Waals surface area contributed by atoms with Crippen LogP contribution in [0.5, 0.6) is 0 Å². The average Bonchev–Trinajstić information content (AvgIpc) is 2.85. The van der Waals surface area contributed by atoms with Gasteiger partial charge in [0.1, 0.15) is 17.7 Å². The average molecular weight is 530 g/mol. The number of aryl methyl sites for hydroxylation is 2. The summed E-state index contributed by atoms with van der Waals surface area (Å²) >= 11 is 0. The van der Waals surface area contributed by atoms with Gasteiger partial charge in [0.15, 0.2) is 0 Å². The zero-order valence-corrected chi connectivity index (χ0v) is 25.0. The molecule has 1 aliphatic carbocycles. The van der Waals surface area contributed by atoms with Gasteiger partial charge in [-0.3, -0.25) is 9.59 Å². The standard InChI is InChI=1S/C31H51N3O4/c1-9-11-20-34(29(36)26(21(3)10-2)33-30(37)38-31(6,7)8)27(25-22(4)16-15-17-23(25)5)28(35)32-24-18-13-12-14-19-24/h15-17,21,24,26-27H,9-14,18-20H2,1-8H3,(H,32,35)(H,33,37). The molecule has 1 fully saturated rings. The molecule has 1 saturated carbocycles. The molecule has 1 aliphatic rings. The fourth-order valence-corrected chi connectivity index (χ4v) is 5.21. The van der Waals surface area contributed by atoms with E-state index in [0.717, 1.165) is 55.2 Å². The Labute approximate surface area is 230 Å². The van der Waals surface area contributed by atoms with Crippen LogP contribution in [-0.4, -0.2) is 47.0 Å². The summed E-state index contributed by atoms with van der Waals surface area (Å²) in [5.41, 5.74) is 2.13. The van der Waals surface area contributed by atoms with E-state index in [1.807, 2.05) is 45.9 Å². The minimum Gasteiger partial charge on any atom is -0.444 e. The molecule has 1 aromatic carbocycles. The van der Waals surface area contributed by atoms with E-state index in [1.165, 1.54) is 6.42 Å². The maximum Gasteiger partial charge on any atom is 0.408 e. The van der Waals surface area contributed by atoms with Gasteiger partial charge in [-0.1, -0.05) is 71.1 Å². The Morgan fingerprint density at radius 3 is 2.18 bits per heavy atom. The lowest BCUT2D eigenvalue weighted by Crippen LogP contribution is -2.56. The third-order valence-corrected chi connectivity index (χ3v) is 7.51. The smallest absolute Gasteiger partial charge is 0.408 e. The van der Waals surface area contributed by atoms with Crippen molar-refractivity contribution in [1.82, 2.24) is 15.5 Å². The van der Waals surface area contributed by atoms with Crippen LogP contribution in [0, 0.1) is 19.8 Å². The number of hydrogen-bond donors (Lipinski definition) is 2. The first-order chi connectivity index (χ1) is 17.9. The zero-order chi connectivity index (χ0) is 28.5. The Hall–Kier alpha value is -2.57. The van der Waals surface area contributed by atoms with Crippen LogP contribution in [0.2, 0.25) is 0 Å². The quantitative estimate of drug-likeness (QED) is 0.349. The third kappa shape index (κ3) is 9.02. The van der Waals surface area contributed by atoms with E-state index >= 15 is 0 Å². The van der Waals surface area contributed by atoms with Gasteiger partial charge in [0.2, 0.25) is 11.8 Å². The molecule has 1 aromatic rings. The Morgan fingerprint density at radius 2 is 1.66 bits per heavy atom. The maximum atomic E-state index is 14.4. The minimum atomic E-state index is -0.805. The summed E-state index contributed by atoms with van der Waals surface area (Å²) in [7, 11) is 0. The summed E-state index contributed by atoms with van der Waals surface area (Å²) in [6.45, 7) is 15.8. The van der Waals surface area contributed by atoms with Crippen molar-refractivity contribution in [1.29, 1.82) is 0 Å². The van der Waals surface area contributed by atoms with E-state index in [1.54, 1.807) is 25.7 Å². The first-order valence-electron chi connectivity index (χ1n) is 14.6. The molecule has 0 saturated heterocycles. The summed E-state index contributed by atoms with van der Waals surface area (Å²) in [5.74, 6) is -0.525. The molecule has 38 heavy (non-hydrogen) atoms. The second-order valence-electron chi connectivity index (χ2n) is 11.9. The van der Waals surface area contributed by atoms with Crippen molar-refractivity contribution in [3.8, 4) is 0 Å². The van der Waals surface area contributed by atoms with Gasteiger partial charge in [-0.05, 0) is 76.5 Å². The monoisotopic (exact) mass is 529 g/mol. The van der Waals surface area contributed by atoms with Gasteiger partial charge < -0.3 is 20.3 Å². The van der Waals surface area contributed by atoms with Crippen LogP contribution in [-0.2, 0) is 14.3 Å². The SMILES string of the molecule is CCCCN(C(=O)C(NC(=O)OC(C)(C)C)C(C)CC)C(C(=O)NC1CCCCC1)c1c(C)cccc1C. The van der Waals surface area contributed by atoms with Gasteiger partial charge in [-0.25, -0.2) is 4.79 Å². The lowest BCUT2D eigenvalue weighted by atomic mass is 9.90. The number of ether oxygens (including phenoxy) is 1. The molecule has 0 spiro atoms. The Bertz CT molecular complexity index is 913. The Kier molecular flexibility index (Phi) is 12.1. The highest BCUT2D eigenvalue weighted by molar-refractivity contribution is 5.92. The number of alkyl carbamates (subject to hydrolysis) is 1. The lowest BCUT2D eigenvalue weighted by Gasteiger charge is -2.38. The van der Waals surface area contributed by atoms with Gasteiger partial charge >= 0.3 is 6.09 Å². The van der Waals surface area contributed by atoms with Crippen LogP contribution in [0.4, 0.5) is 4.79 Å². The number of amides is 3. The molecule has 0 heterocycles. The van der Waals surface area contributed by atoms with Crippen LogP contribution in [0.1, 0.15) is 116 Å². The summed E-state index contributed by atoms with van der Waals surface area (Å²) < 4.78 is 5.51. The third-order valence-electron chi connectivity index (χ3n) is 7.51. The highest BCUT2D eigenvalue weighted by atomic mass is 16.6. The number of benzene rings is 1. The van der Waals surface area contributed by atoms with Crippen LogP contribution in [0.3, 0.4) is 0 Å². The summed E-state index contributed by atoms with van der Waals surface area (Å²) in [4.78, 5) is 42.9. The summed E-state index contributed by atoms with van der Waals surface area (Å²) in [5, 5.41) is 6.15. The number of hydrogen-bond acceptors (Lipinski definition) is 4. The Morgan fingerprint density at radius 1 is 1.05 bits per heavy atom. The highest BCUT2D eigenvalue weighted by Gasteiger charge is 2.39. The molecule has 7 heteroatoms. The molecular formula is C31H51N3O4. The largest absolute Gasteiger partial charge is 0.444 e. The van der Waals surface area contributed by atoms with E-state index in [9.17, 15) is 14.4 Å². The van der Waals surface area contributed by atoms with Crippen LogP contribution < -0.4 is 10.6 Å². The molecule has 0 aromatic heterocycles. The predicted molar refractivity (Wildman–Crippen MR) is 153 cm³/mol. The second kappa shape index (κ2) is 14.5. The second-order valence-corrected chi connectivity index (χ2v) is 11.9. The fraction of sp³-hybridized carbons (Fsp3) is 0.710. The van der Waals surface area contributed by atoms with Crippen LogP contribution >= 0.6 is 0 Å². The predicted octanol–water partition coefficient (Wildman–Crippen LogP) is 6.36. The molecule has 214 valence electrons. The molecular weight excluding hydrogens is 478 g/mol. The van der Waals surface area contributed by atoms with Crippen molar-refractivity contribution >= 4 is 17.9 Å². The summed E-state index contributed by atoms with van der Waals surface area (Å²) in [6, 6.07) is 4.52. The number of carbonyl (C=O) groups excluding carboxylic acids is 3. The molecule has 7 nitrogen and oxygen atoms in total. The van der Waals surface area contributed by atoms with E-state index in [0.29, 0.717) is 13.0 Å². The molecule has 0 radical (unpaired) electrons. The normalized spacial score (nSPS) is 16.7. The number of rotatable bonds is 11. The lowest BCUT2D eigenvalue weighted by molar-refractivity contribution is -0.144. The molecule has 0 bridgehead atoms. The zero-order valence-electron chi connectivity index (χ0n) is 25.0. The number of unbranched alkanes of at least 4 members (excludes halogenated alkanes) is 1. The first-order valence-corrected chi connectivity index (χ1v) is 14.6. The van der Waals surface area contributed by atoms with Crippen molar-refractivity contribution < 1.29 is 19.1 Å². The van der Waals surface area contributed by atoms with Gasteiger partial charge in [-0.15, -0.1) is 0 Å². The van der Waals surface area contributed by atoms with Crippen molar-refractivity contribution in [2.75, 3.05) is 6.54 Å². The maximum absolute atomic E-state index is 14.4. The van der Waals surface area contributed by atoms with Crippen molar-refractivity contribution in [2.45, 2.75) is 130 Å². The van der Waals surface area contributed by atoms with Crippen molar-refractivity contribution in [2.24, 2.45) is 5.92 Å². The van der Waals surface area contributed by atoms with Crippen LogP contribution in [0.25, 0.3) is 0 Å². The van der Waals surface area contributed by atoms with Crippen LogP contribution in [0.15, 0.2) is 18.2 Å². The molecule has 2 rings (SSSR count). The van der Waals surface area contributed by atoms with Crippen molar-refractivity contribution in [3.05, 3.63) is 34.9 Å². The van der Waals surface area contributed by atoms with Gasteiger partial charge in [0, 0.05) is 12.6 Å². The highest BCUT2D eigenvalue weighted by Crippen LogP contribution is 2.31. The topological polar surface area (TPSA) is 87.7 Å². The molecule has 3 amide bonds. The van der Waals surface area contributed by atoms with Gasteiger partial charge in [0.25, 0.3) is 0 Å². The number of nitrogens with one attached hydrogen (secondary N) is 2. The molecule has 2 N–H and O–H groups in total. The van der Waals surface area contributed by atoms with Crippen molar-refractivity contribution in [3.63, 3.8) is 0 Å². The molecule has 0 aliphatic heterocycles. The first kappa shape index (κ1) is 31.6. The molecule has 3 atom stereocenters. The number of nitrogens with zero attached hydrogens (tertiary/aromatic N) is 1. The summed E-state index contributed by atoms with van der Waals surface area (Å²) in [6.07, 6.45) is 7.03.